The summed E-state index contributed by atoms with van der Waals surface area (Å²) < 4.78 is 11.2. The molecule has 0 aliphatic heterocycles. The summed E-state index contributed by atoms with van der Waals surface area (Å²) in [7, 11) is 0. The molecule has 0 fully saturated rings. The van der Waals surface area contributed by atoms with Gasteiger partial charge >= 0.3 is 0 Å². The molecule has 0 spiro atoms. The monoisotopic (exact) mass is 267 g/mol. The van der Waals surface area contributed by atoms with Gasteiger partial charge in [0.1, 0.15) is 11.4 Å². The van der Waals surface area contributed by atoms with Gasteiger partial charge in [-0.2, -0.15) is 4.98 Å². The van der Waals surface area contributed by atoms with Crippen molar-refractivity contribution < 1.29 is 9.47 Å². The van der Waals surface area contributed by atoms with Gasteiger partial charge in [-0.15, -0.1) is 0 Å². The molecule has 3 N–H and O–H groups in total. The van der Waals surface area contributed by atoms with Gasteiger partial charge in [0.25, 0.3) is 0 Å². The Hall–Kier alpha value is -1.49. The summed E-state index contributed by atoms with van der Waals surface area (Å²) in [6.45, 7) is 11.3. The number of nitrogens with zero attached hydrogens (tertiary/aromatic N) is 1. The summed E-state index contributed by atoms with van der Waals surface area (Å²) in [5.74, 6) is 1.20. The molecule has 0 amide bonds. The van der Waals surface area contributed by atoms with E-state index < -0.39 is 0 Å². The molecule has 5 heteroatoms. The van der Waals surface area contributed by atoms with Crippen molar-refractivity contribution in [2.45, 2.75) is 46.3 Å². The van der Waals surface area contributed by atoms with Crippen LogP contribution in [0.5, 0.6) is 5.88 Å². The molecule has 0 radical (unpaired) electrons. The molecule has 1 aromatic heterocycles. The third-order valence-electron chi connectivity index (χ3n) is 2.31. The van der Waals surface area contributed by atoms with Gasteiger partial charge in [-0.1, -0.05) is 0 Å². The molecular weight excluding hydrogens is 242 g/mol. The largest absolute Gasteiger partial charge is 0.470 e. The van der Waals surface area contributed by atoms with Gasteiger partial charge < -0.3 is 20.5 Å². The molecule has 1 atom stereocenters. The minimum atomic E-state index is -0.321. The number of aromatic nitrogens is 1. The summed E-state index contributed by atoms with van der Waals surface area (Å²) in [5.41, 5.74) is 6.08. The highest BCUT2D eigenvalue weighted by molar-refractivity contribution is 5.53. The average molecular weight is 267 g/mol. The van der Waals surface area contributed by atoms with Crippen LogP contribution in [0, 0.1) is 0 Å². The molecule has 0 aromatic carbocycles. The normalized spacial score (nSPS) is 13.1. The number of nitrogen functional groups attached to an aromatic ring is 1. The van der Waals surface area contributed by atoms with Crippen LogP contribution in [-0.2, 0) is 4.74 Å². The van der Waals surface area contributed by atoms with Crippen LogP contribution in [0.25, 0.3) is 0 Å². The summed E-state index contributed by atoms with van der Waals surface area (Å²) in [6, 6.07) is 3.63. The van der Waals surface area contributed by atoms with Gasteiger partial charge in [0.05, 0.1) is 11.8 Å². The molecular formula is C14H25N3O2. The summed E-state index contributed by atoms with van der Waals surface area (Å²) in [4.78, 5) is 4.38. The SMILES string of the molecule is CCOC(C)CNc1ccc(N)c(OC(C)(C)C)n1. The zero-order valence-corrected chi connectivity index (χ0v) is 12.5. The van der Waals surface area contributed by atoms with Crippen molar-refractivity contribution in [1.29, 1.82) is 0 Å². The molecule has 1 aromatic rings. The lowest BCUT2D eigenvalue weighted by molar-refractivity contribution is 0.0854. The van der Waals surface area contributed by atoms with Gasteiger partial charge in [0.2, 0.25) is 5.88 Å². The second-order valence-corrected chi connectivity index (χ2v) is 5.45. The van der Waals surface area contributed by atoms with Crippen LogP contribution in [0.15, 0.2) is 12.1 Å². The lowest BCUT2D eigenvalue weighted by Gasteiger charge is -2.22. The Morgan fingerprint density at radius 3 is 2.63 bits per heavy atom. The van der Waals surface area contributed by atoms with Crippen LogP contribution in [-0.4, -0.2) is 29.8 Å². The summed E-state index contributed by atoms with van der Waals surface area (Å²) >= 11 is 0. The minimum absolute atomic E-state index is 0.135. The highest BCUT2D eigenvalue weighted by Gasteiger charge is 2.15. The van der Waals surface area contributed by atoms with Crippen molar-refractivity contribution in [2.75, 3.05) is 24.2 Å². The molecule has 19 heavy (non-hydrogen) atoms. The number of anilines is 2. The Morgan fingerprint density at radius 2 is 2.05 bits per heavy atom. The fourth-order valence-corrected chi connectivity index (χ4v) is 1.51. The molecule has 1 rings (SSSR count). The van der Waals surface area contributed by atoms with E-state index >= 15 is 0 Å². The van der Waals surface area contributed by atoms with E-state index in [1.54, 1.807) is 6.07 Å². The first kappa shape index (κ1) is 15.6. The maximum Gasteiger partial charge on any atom is 0.239 e. The number of nitrogens with one attached hydrogen (secondary N) is 1. The molecule has 0 bridgehead atoms. The van der Waals surface area contributed by atoms with Crippen molar-refractivity contribution in [3.63, 3.8) is 0 Å². The Morgan fingerprint density at radius 1 is 1.37 bits per heavy atom. The summed E-state index contributed by atoms with van der Waals surface area (Å²) in [5, 5.41) is 3.21. The van der Waals surface area contributed by atoms with Gasteiger partial charge in [0.15, 0.2) is 0 Å². The number of rotatable bonds is 6. The third kappa shape index (κ3) is 5.79. The van der Waals surface area contributed by atoms with Gasteiger partial charge in [-0.3, -0.25) is 0 Å². The number of hydrogen-bond donors (Lipinski definition) is 2. The van der Waals surface area contributed by atoms with E-state index in [-0.39, 0.29) is 11.7 Å². The van der Waals surface area contributed by atoms with E-state index in [1.165, 1.54) is 0 Å². The van der Waals surface area contributed by atoms with Gasteiger partial charge in [0, 0.05) is 13.2 Å². The van der Waals surface area contributed by atoms with Crippen molar-refractivity contribution in [3.8, 4) is 5.88 Å². The van der Waals surface area contributed by atoms with E-state index in [0.717, 1.165) is 5.82 Å². The Labute approximate surface area is 115 Å². The lowest BCUT2D eigenvalue weighted by atomic mass is 10.2. The first-order valence-electron chi connectivity index (χ1n) is 6.63. The summed E-state index contributed by atoms with van der Waals surface area (Å²) in [6.07, 6.45) is 0.135. The highest BCUT2D eigenvalue weighted by atomic mass is 16.5. The molecule has 1 unspecified atom stereocenters. The predicted octanol–water partition coefficient (Wildman–Crippen LogP) is 2.68. The van der Waals surface area contributed by atoms with Crippen molar-refractivity contribution in [3.05, 3.63) is 12.1 Å². The first-order chi connectivity index (χ1) is 8.81. The highest BCUT2D eigenvalue weighted by Crippen LogP contribution is 2.24. The second kappa shape index (κ2) is 6.61. The maximum absolute atomic E-state index is 5.86. The standard InChI is InChI=1S/C14H25N3O2/c1-6-18-10(2)9-16-12-8-7-11(15)13(17-12)19-14(3,4)5/h7-8,10H,6,9,15H2,1-5H3,(H,16,17). The van der Waals surface area contributed by atoms with E-state index in [1.807, 2.05) is 40.7 Å². The molecule has 0 saturated heterocycles. The quantitative estimate of drug-likeness (QED) is 0.829. The molecule has 0 saturated carbocycles. The topological polar surface area (TPSA) is 69.4 Å². The first-order valence-corrected chi connectivity index (χ1v) is 6.63. The van der Waals surface area contributed by atoms with Crippen LogP contribution < -0.4 is 15.8 Å². The third-order valence-corrected chi connectivity index (χ3v) is 2.31. The fourth-order valence-electron chi connectivity index (χ4n) is 1.51. The van der Waals surface area contributed by atoms with Crippen LogP contribution in [0.1, 0.15) is 34.6 Å². The maximum atomic E-state index is 5.86. The smallest absolute Gasteiger partial charge is 0.239 e. The van der Waals surface area contributed by atoms with E-state index in [9.17, 15) is 0 Å². The molecule has 108 valence electrons. The molecule has 0 aliphatic rings. The zero-order valence-electron chi connectivity index (χ0n) is 12.5. The van der Waals surface area contributed by atoms with E-state index in [0.29, 0.717) is 24.7 Å². The Bertz CT molecular complexity index is 402. The van der Waals surface area contributed by atoms with Crippen molar-refractivity contribution >= 4 is 11.5 Å². The van der Waals surface area contributed by atoms with Crippen LogP contribution in [0.3, 0.4) is 0 Å². The van der Waals surface area contributed by atoms with E-state index in [2.05, 4.69) is 10.3 Å². The van der Waals surface area contributed by atoms with Crippen LogP contribution in [0.4, 0.5) is 11.5 Å². The molecule has 5 nitrogen and oxygen atoms in total. The van der Waals surface area contributed by atoms with Gasteiger partial charge in [-0.05, 0) is 46.8 Å². The van der Waals surface area contributed by atoms with Crippen molar-refractivity contribution in [2.24, 2.45) is 0 Å². The number of hydrogen-bond acceptors (Lipinski definition) is 5. The Kier molecular flexibility index (Phi) is 5.42. The van der Waals surface area contributed by atoms with Crippen LogP contribution in [0.2, 0.25) is 0 Å². The zero-order chi connectivity index (χ0) is 14.5. The van der Waals surface area contributed by atoms with Crippen LogP contribution >= 0.6 is 0 Å². The minimum Gasteiger partial charge on any atom is -0.470 e. The number of pyridine rings is 1. The van der Waals surface area contributed by atoms with E-state index in [4.69, 9.17) is 15.2 Å². The lowest BCUT2D eigenvalue weighted by Crippen LogP contribution is -2.25. The number of nitrogens with two attached hydrogens (primary N) is 1. The molecule has 0 aliphatic carbocycles. The molecule has 1 heterocycles. The number of ether oxygens (including phenoxy) is 2. The fraction of sp³-hybridized carbons (Fsp3) is 0.643. The second-order valence-electron chi connectivity index (χ2n) is 5.45. The predicted molar refractivity (Wildman–Crippen MR) is 78.6 cm³/mol. The Balaban J connectivity index is 2.68. The van der Waals surface area contributed by atoms with Gasteiger partial charge in [-0.25, -0.2) is 0 Å². The van der Waals surface area contributed by atoms with Crippen molar-refractivity contribution in [1.82, 2.24) is 4.98 Å². The average Bonchev–Trinajstić information content (AvgIpc) is 2.29.